The molecule has 4 nitrogen and oxygen atoms in total. The average molecular weight is 456 g/mol. The number of methoxy groups -OCH3 is 1. The van der Waals surface area contributed by atoms with Crippen LogP contribution in [-0.4, -0.2) is 18.7 Å². The third kappa shape index (κ3) is 7.77. The Balaban J connectivity index is 2.63. The highest BCUT2D eigenvalue weighted by Gasteiger charge is 2.16. The number of allylic oxidation sites excluding steroid dienone is 8. The van der Waals surface area contributed by atoms with Crippen LogP contribution in [0.3, 0.4) is 0 Å². The van der Waals surface area contributed by atoms with Gasteiger partial charge in [-0.05, 0) is 74.6 Å². The molecule has 0 unspecified atom stereocenters. The van der Waals surface area contributed by atoms with E-state index in [0.717, 1.165) is 33.2 Å². The summed E-state index contributed by atoms with van der Waals surface area (Å²) < 4.78 is 31.3. The van der Waals surface area contributed by atoms with Gasteiger partial charge in [0.1, 0.15) is 12.1 Å². The van der Waals surface area contributed by atoms with E-state index in [0.29, 0.717) is 37.0 Å². The molecule has 0 aliphatic heterocycles. The molecule has 33 heavy (non-hydrogen) atoms. The van der Waals surface area contributed by atoms with E-state index in [-0.39, 0.29) is 12.4 Å². The Bertz CT molecular complexity index is 1080. The molecule has 0 atom stereocenters. The maximum atomic E-state index is 13.3. The SMILES string of the molecule is C=C/C(=C\C=C(/C)F)Cc1cc(COOCC)c(OC)c2ncc(C/C(C)=C/C=C/F)cc12. The van der Waals surface area contributed by atoms with Crippen LogP contribution in [0.2, 0.25) is 0 Å². The van der Waals surface area contributed by atoms with Crippen LogP contribution in [0, 0.1) is 0 Å². The zero-order chi connectivity index (χ0) is 24.2. The molecule has 6 heteroatoms. The molecule has 0 aliphatic carbocycles. The fourth-order valence-electron chi connectivity index (χ4n) is 3.43. The fraction of sp³-hybridized carbons (Fsp3) is 0.296. The highest BCUT2D eigenvalue weighted by molar-refractivity contribution is 5.89. The topological polar surface area (TPSA) is 40.6 Å². The molecule has 1 aromatic heterocycles. The van der Waals surface area contributed by atoms with Crippen molar-refractivity contribution in [3.63, 3.8) is 0 Å². The Kier molecular flexibility index (Phi) is 10.7. The van der Waals surface area contributed by atoms with Crippen molar-refractivity contribution < 1.29 is 23.3 Å². The van der Waals surface area contributed by atoms with Crippen molar-refractivity contribution in [3.8, 4) is 5.75 Å². The minimum absolute atomic E-state index is 0.192. The summed E-state index contributed by atoms with van der Waals surface area (Å²) in [5.74, 6) is 0.324. The second kappa shape index (κ2) is 13.5. The van der Waals surface area contributed by atoms with E-state index < -0.39 is 0 Å². The van der Waals surface area contributed by atoms with Crippen LogP contribution in [0.25, 0.3) is 10.9 Å². The van der Waals surface area contributed by atoms with Gasteiger partial charge in [-0.15, -0.1) is 0 Å². The highest BCUT2D eigenvalue weighted by atomic mass is 19.1. The Morgan fingerprint density at radius 3 is 2.52 bits per heavy atom. The van der Waals surface area contributed by atoms with Gasteiger partial charge in [-0.2, -0.15) is 0 Å². The molecule has 0 radical (unpaired) electrons. The maximum absolute atomic E-state index is 13.3. The quantitative estimate of drug-likeness (QED) is 0.147. The molecule has 1 aromatic carbocycles. The van der Waals surface area contributed by atoms with Crippen LogP contribution >= 0.6 is 0 Å². The summed E-state index contributed by atoms with van der Waals surface area (Å²) in [6, 6.07) is 4.05. The summed E-state index contributed by atoms with van der Waals surface area (Å²) in [7, 11) is 1.59. The fourth-order valence-corrected chi connectivity index (χ4v) is 3.43. The largest absolute Gasteiger partial charge is 0.494 e. The monoisotopic (exact) mass is 455 g/mol. The van der Waals surface area contributed by atoms with Gasteiger partial charge in [-0.25, -0.2) is 18.6 Å². The predicted molar refractivity (Wildman–Crippen MR) is 129 cm³/mol. The lowest BCUT2D eigenvalue weighted by Crippen LogP contribution is -2.03. The first-order chi connectivity index (χ1) is 15.9. The van der Waals surface area contributed by atoms with Gasteiger partial charge in [0.05, 0.1) is 25.9 Å². The Morgan fingerprint density at radius 2 is 1.88 bits per heavy atom. The lowest BCUT2D eigenvalue weighted by atomic mass is 9.95. The van der Waals surface area contributed by atoms with Crippen molar-refractivity contribution in [1.29, 1.82) is 0 Å². The molecule has 0 fully saturated rings. The first-order valence-electron chi connectivity index (χ1n) is 10.7. The van der Waals surface area contributed by atoms with Crippen LogP contribution in [0.15, 0.2) is 78.6 Å². The van der Waals surface area contributed by atoms with Gasteiger partial charge < -0.3 is 4.74 Å². The molecule has 0 amide bonds. The number of nitrogens with zero attached hydrogens (tertiary/aromatic N) is 1. The normalized spacial score (nSPS) is 13.2. The molecule has 0 saturated carbocycles. The van der Waals surface area contributed by atoms with Crippen molar-refractivity contribution in [2.24, 2.45) is 0 Å². The summed E-state index contributed by atoms with van der Waals surface area (Å²) in [5, 5.41) is 0.909. The lowest BCUT2D eigenvalue weighted by Gasteiger charge is -2.16. The number of benzene rings is 1. The average Bonchev–Trinajstić information content (AvgIpc) is 2.80. The van der Waals surface area contributed by atoms with E-state index >= 15 is 0 Å². The molecule has 2 aromatic rings. The number of pyridine rings is 1. The van der Waals surface area contributed by atoms with Crippen molar-refractivity contribution in [2.45, 2.75) is 40.2 Å². The Hall–Kier alpha value is -3.09. The van der Waals surface area contributed by atoms with Crippen LogP contribution in [0.4, 0.5) is 8.78 Å². The molecule has 0 saturated heterocycles. The minimum atomic E-state index is -0.284. The Labute approximate surface area is 194 Å². The molecule has 0 aliphatic rings. The summed E-state index contributed by atoms with van der Waals surface area (Å²) >= 11 is 0. The summed E-state index contributed by atoms with van der Waals surface area (Å²) in [6.07, 6.45) is 11.4. The zero-order valence-corrected chi connectivity index (χ0v) is 19.7. The molecule has 0 N–H and O–H groups in total. The van der Waals surface area contributed by atoms with Crippen LogP contribution in [-0.2, 0) is 29.2 Å². The molecule has 0 bridgehead atoms. The van der Waals surface area contributed by atoms with E-state index in [1.807, 2.05) is 19.9 Å². The van der Waals surface area contributed by atoms with Crippen molar-refractivity contribution in [2.75, 3.05) is 13.7 Å². The smallest absolute Gasteiger partial charge is 0.150 e. The third-order valence-electron chi connectivity index (χ3n) is 4.89. The number of aromatic nitrogens is 1. The van der Waals surface area contributed by atoms with Crippen molar-refractivity contribution in [1.82, 2.24) is 4.98 Å². The molecule has 1 heterocycles. The van der Waals surface area contributed by atoms with E-state index in [1.165, 1.54) is 19.1 Å². The van der Waals surface area contributed by atoms with E-state index in [1.54, 1.807) is 31.5 Å². The summed E-state index contributed by atoms with van der Waals surface area (Å²) in [6.45, 7) is 9.66. The lowest BCUT2D eigenvalue weighted by molar-refractivity contribution is -0.300. The number of ether oxygens (including phenoxy) is 1. The van der Waals surface area contributed by atoms with E-state index in [9.17, 15) is 8.78 Å². The number of hydrogen-bond acceptors (Lipinski definition) is 4. The predicted octanol–water partition coefficient (Wildman–Crippen LogP) is 7.21. The third-order valence-corrected chi connectivity index (χ3v) is 4.89. The van der Waals surface area contributed by atoms with Crippen molar-refractivity contribution in [3.05, 3.63) is 95.3 Å². The van der Waals surface area contributed by atoms with Gasteiger partial charge in [0.25, 0.3) is 0 Å². The first kappa shape index (κ1) is 26.2. The van der Waals surface area contributed by atoms with Crippen LogP contribution < -0.4 is 4.74 Å². The highest BCUT2D eigenvalue weighted by Crippen LogP contribution is 2.34. The van der Waals surface area contributed by atoms with Crippen LogP contribution in [0.1, 0.15) is 37.5 Å². The van der Waals surface area contributed by atoms with E-state index in [4.69, 9.17) is 14.5 Å². The second-order valence-corrected chi connectivity index (χ2v) is 7.52. The number of halogens is 2. The van der Waals surface area contributed by atoms with Crippen LogP contribution in [0.5, 0.6) is 5.75 Å². The van der Waals surface area contributed by atoms with Gasteiger partial charge in [0, 0.05) is 17.1 Å². The maximum Gasteiger partial charge on any atom is 0.150 e. The molecule has 0 spiro atoms. The van der Waals surface area contributed by atoms with Gasteiger partial charge >= 0.3 is 0 Å². The molecular weight excluding hydrogens is 424 g/mol. The van der Waals surface area contributed by atoms with Gasteiger partial charge in [0.2, 0.25) is 0 Å². The molecular formula is C27H31F2NO3. The van der Waals surface area contributed by atoms with Gasteiger partial charge in [-0.1, -0.05) is 30.4 Å². The van der Waals surface area contributed by atoms with E-state index in [2.05, 4.69) is 17.6 Å². The van der Waals surface area contributed by atoms with Gasteiger partial charge in [0.15, 0.2) is 5.75 Å². The second-order valence-electron chi connectivity index (χ2n) is 7.52. The molecule has 176 valence electrons. The summed E-state index contributed by atoms with van der Waals surface area (Å²) in [5.41, 5.74) is 5.28. The Morgan fingerprint density at radius 1 is 1.09 bits per heavy atom. The van der Waals surface area contributed by atoms with Crippen molar-refractivity contribution >= 4 is 10.9 Å². The molecule has 2 rings (SSSR count). The standard InChI is InChI=1S/C27H31F2NO3/c1-6-21(11-10-20(4)29)14-23-16-24(18-33-32-7-2)27(31-5)26-25(23)15-22(17-30-26)13-19(3)9-8-12-28/h6,8-12,15-17H,1,7,13-14,18H2,2-5H3/b12-8+,19-9+,20-10+,21-11+. The zero-order valence-electron chi connectivity index (χ0n) is 19.7. The number of hydrogen-bond donors (Lipinski definition) is 0. The van der Waals surface area contributed by atoms with Gasteiger partial charge in [-0.3, -0.25) is 4.98 Å². The number of rotatable bonds is 12. The summed E-state index contributed by atoms with van der Waals surface area (Å²) in [4.78, 5) is 15.0. The first-order valence-corrected chi connectivity index (χ1v) is 10.7. The minimum Gasteiger partial charge on any atom is -0.494 e. The number of fused-ring (bicyclic) bond motifs is 1.